The molecular weight excluding hydrogens is 220 g/mol. The van der Waals surface area contributed by atoms with Crippen LogP contribution in [0.5, 0.6) is 0 Å². The van der Waals surface area contributed by atoms with E-state index in [1.54, 1.807) is 11.3 Å². The van der Waals surface area contributed by atoms with Gasteiger partial charge in [0.25, 0.3) is 0 Å². The van der Waals surface area contributed by atoms with Crippen molar-refractivity contribution in [1.82, 2.24) is 0 Å². The SMILES string of the molecule is CC(C)(C)OCc1sccc1C#CCCO. The van der Waals surface area contributed by atoms with Crippen LogP contribution in [-0.4, -0.2) is 17.3 Å². The molecule has 0 radical (unpaired) electrons. The molecule has 1 aromatic heterocycles. The molecule has 0 aromatic carbocycles. The van der Waals surface area contributed by atoms with Crippen molar-refractivity contribution in [3.05, 3.63) is 21.9 Å². The molecule has 0 saturated heterocycles. The minimum absolute atomic E-state index is 0.116. The third-order valence-electron chi connectivity index (χ3n) is 1.84. The lowest BCUT2D eigenvalue weighted by atomic mass is 10.2. The van der Waals surface area contributed by atoms with Crippen molar-refractivity contribution < 1.29 is 9.84 Å². The zero-order chi connectivity index (χ0) is 12.0. The third kappa shape index (κ3) is 4.80. The standard InChI is InChI=1S/C13H18O2S/c1-13(2,3)15-10-12-11(7-9-16-12)6-4-5-8-14/h7,9,14H,5,8,10H2,1-3H3. The predicted molar refractivity (Wildman–Crippen MR) is 67.4 cm³/mol. The molecule has 0 aliphatic heterocycles. The van der Waals surface area contributed by atoms with Gasteiger partial charge in [0, 0.05) is 16.9 Å². The van der Waals surface area contributed by atoms with E-state index < -0.39 is 0 Å². The first-order valence-electron chi connectivity index (χ1n) is 5.33. The molecule has 0 spiro atoms. The van der Waals surface area contributed by atoms with Crippen LogP contribution in [0.1, 0.15) is 37.6 Å². The molecule has 0 aliphatic carbocycles. The van der Waals surface area contributed by atoms with Gasteiger partial charge >= 0.3 is 0 Å². The highest BCUT2D eigenvalue weighted by Crippen LogP contribution is 2.20. The maximum atomic E-state index is 8.65. The molecule has 0 fully saturated rings. The lowest BCUT2D eigenvalue weighted by Crippen LogP contribution is -2.18. The van der Waals surface area contributed by atoms with Crippen molar-refractivity contribution in [2.24, 2.45) is 0 Å². The Hall–Kier alpha value is -0.820. The highest BCUT2D eigenvalue weighted by molar-refractivity contribution is 7.10. The Morgan fingerprint density at radius 3 is 2.81 bits per heavy atom. The zero-order valence-electron chi connectivity index (χ0n) is 10.0. The van der Waals surface area contributed by atoms with E-state index in [9.17, 15) is 0 Å². The van der Waals surface area contributed by atoms with Crippen LogP contribution in [-0.2, 0) is 11.3 Å². The Kier molecular flexibility index (Phi) is 5.01. The molecule has 16 heavy (non-hydrogen) atoms. The fraction of sp³-hybridized carbons (Fsp3) is 0.538. The summed E-state index contributed by atoms with van der Waals surface area (Å²) in [5.74, 6) is 5.98. The van der Waals surface area contributed by atoms with Gasteiger partial charge in [-0.2, -0.15) is 0 Å². The fourth-order valence-corrected chi connectivity index (χ4v) is 1.80. The highest BCUT2D eigenvalue weighted by atomic mass is 32.1. The van der Waals surface area contributed by atoms with Gasteiger partial charge in [-0.15, -0.1) is 11.3 Å². The Labute approximate surface area is 101 Å². The second kappa shape index (κ2) is 6.05. The van der Waals surface area contributed by atoms with Crippen LogP contribution in [0.4, 0.5) is 0 Å². The average molecular weight is 238 g/mol. The van der Waals surface area contributed by atoms with Crippen molar-refractivity contribution in [3.8, 4) is 11.8 Å². The zero-order valence-corrected chi connectivity index (χ0v) is 10.9. The molecule has 3 heteroatoms. The van der Waals surface area contributed by atoms with Crippen LogP contribution in [0.25, 0.3) is 0 Å². The Morgan fingerprint density at radius 1 is 1.44 bits per heavy atom. The summed E-state index contributed by atoms with van der Waals surface area (Å²) in [6.45, 7) is 6.84. The number of hydrogen-bond acceptors (Lipinski definition) is 3. The van der Waals surface area contributed by atoms with Crippen LogP contribution >= 0.6 is 11.3 Å². The summed E-state index contributed by atoms with van der Waals surface area (Å²) in [5, 5.41) is 10.7. The van der Waals surface area contributed by atoms with E-state index in [-0.39, 0.29) is 12.2 Å². The summed E-state index contributed by atoms with van der Waals surface area (Å²) in [7, 11) is 0. The topological polar surface area (TPSA) is 29.5 Å². The van der Waals surface area contributed by atoms with Crippen LogP contribution in [0.3, 0.4) is 0 Å². The van der Waals surface area contributed by atoms with E-state index in [0.29, 0.717) is 13.0 Å². The van der Waals surface area contributed by atoms with Crippen molar-refractivity contribution in [3.63, 3.8) is 0 Å². The summed E-state index contributed by atoms with van der Waals surface area (Å²) >= 11 is 1.66. The van der Waals surface area contributed by atoms with E-state index in [1.807, 2.05) is 32.2 Å². The maximum absolute atomic E-state index is 8.65. The minimum Gasteiger partial charge on any atom is -0.395 e. The van der Waals surface area contributed by atoms with E-state index >= 15 is 0 Å². The largest absolute Gasteiger partial charge is 0.395 e. The van der Waals surface area contributed by atoms with Gasteiger partial charge in [-0.1, -0.05) is 11.8 Å². The molecule has 1 rings (SSSR count). The monoisotopic (exact) mass is 238 g/mol. The summed E-state index contributed by atoms with van der Waals surface area (Å²) < 4.78 is 5.71. The molecule has 0 aliphatic rings. The first-order chi connectivity index (χ1) is 7.53. The number of thiophene rings is 1. The van der Waals surface area contributed by atoms with Crippen molar-refractivity contribution >= 4 is 11.3 Å². The van der Waals surface area contributed by atoms with Gasteiger partial charge in [0.1, 0.15) is 0 Å². The quantitative estimate of drug-likeness (QED) is 0.821. The molecule has 0 amide bonds. The van der Waals surface area contributed by atoms with E-state index in [1.165, 1.54) is 0 Å². The molecule has 0 saturated carbocycles. The predicted octanol–water partition coefficient (Wildman–Crippen LogP) is 2.80. The number of aliphatic hydroxyl groups excluding tert-OH is 1. The third-order valence-corrected chi connectivity index (χ3v) is 2.74. The highest BCUT2D eigenvalue weighted by Gasteiger charge is 2.11. The van der Waals surface area contributed by atoms with Crippen LogP contribution in [0.15, 0.2) is 11.4 Å². The minimum atomic E-state index is -0.125. The van der Waals surface area contributed by atoms with Gasteiger partial charge < -0.3 is 9.84 Å². The van der Waals surface area contributed by atoms with E-state index in [2.05, 4.69) is 11.8 Å². The molecule has 0 atom stereocenters. The lowest BCUT2D eigenvalue weighted by Gasteiger charge is -2.18. The molecule has 1 aromatic rings. The van der Waals surface area contributed by atoms with Gasteiger partial charge in [-0.25, -0.2) is 0 Å². The molecule has 0 unspecified atom stereocenters. The number of aliphatic hydroxyl groups is 1. The number of ether oxygens (including phenoxy) is 1. The molecular formula is C13H18O2S. The van der Waals surface area contributed by atoms with Crippen molar-refractivity contribution in [1.29, 1.82) is 0 Å². The van der Waals surface area contributed by atoms with Gasteiger partial charge in [0.15, 0.2) is 0 Å². The normalized spacial score (nSPS) is 11.0. The first kappa shape index (κ1) is 13.2. The second-order valence-corrected chi connectivity index (χ2v) is 5.43. The number of hydrogen-bond donors (Lipinski definition) is 1. The lowest BCUT2D eigenvalue weighted by molar-refractivity contribution is -0.0137. The molecule has 0 bridgehead atoms. The van der Waals surface area contributed by atoms with Crippen molar-refractivity contribution in [2.45, 2.75) is 39.4 Å². The molecule has 2 nitrogen and oxygen atoms in total. The average Bonchev–Trinajstić information content (AvgIpc) is 2.62. The summed E-state index contributed by atoms with van der Waals surface area (Å²) in [6.07, 6.45) is 0.523. The van der Waals surface area contributed by atoms with Crippen molar-refractivity contribution in [2.75, 3.05) is 6.61 Å². The van der Waals surface area contributed by atoms with Crippen LogP contribution < -0.4 is 0 Å². The van der Waals surface area contributed by atoms with E-state index in [4.69, 9.17) is 9.84 Å². The van der Waals surface area contributed by atoms with Gasteiger partial charge in [0.2, 0.25) is 0 Å². The fourth-order valence-electron chi connectivity index (χ4n) is 1.06. The van der Waals surface area contributed by atoms with Gasteiger partial charge in [0.05, 0.1) is 18.8 Å². The first-order valence-corrected chi connectivity index (χ1v) is 6.21. The van der Waals surface area contributed by atoms with Gasteiger partial charge in [-0.3, -0.25) is 0 Å². The summed E-state index contributed by atoms with van der Waals surface area (Å²) in [4.78, 5) is 1.15. The Balaban J connectivity index is 2.61. The summed E-state index contributed by atoms with van der Waals surface area (Å²) in [6, 6.07) is 2.00. The molecule has 88 valence electrons. The summed E-state index contributed by atoms with van der Waals surface area (Å²) in [5.41, 5.74) is 0.891. The second-order valence-electron chi connectivity index (χ2n) is 4.43. The molecule has 1 N–H and O–H groups in total. The van der Waals surface area contributed by atoms with Gasteiger partial charge in [-0.05, 0) is 32.2 Å². The molecule has 1 heterocycles. The Morgan fingerprint density at radius 2 is 2.19 bits per heavy atom. The smallest absolute Gasteiger partial charge is 0.0829 e. The Bertz CT molecular complexity index is 377. The van der Waals surface area contributed by atoms with Crippen LogP contribution in [0.2, 0.25) is 0 Å². The maximum Gasteiger partial charge on any atom is 0.0829 e. The van der Waals surface area contributed by atoms with Crippen LogP contribution in [0, 0.1) is 11.8 Å². The van der Waals surface area contributed by atoms with E-state index in [0.717, 1.165) is 10.4 Å². The number of rotatable bonds is 3.